The SMILES string of the molecule is CC(=Cc1ccc(C(N)=O)cc1)[N+](=O)[O-]. The molecule has 78 valence electrons. The molecule has 1 aromatic rings. The molecule has 0 aromatic heterocycles. The van der Waals surface area contributed by atoms with Crippen LogP contribution >= 0.6 is 0 Å². The van der Waals surface area contributed by atoms with Gasteiger partial charge in [0.1, 0.15) is 0 Å². The van der Waals surface area contributed by atoms with Gasteiger partial charge in [0, 0.05) is 18.6 Å². The molecule has 1 aromatic carbocycles. The second kappa shape index (κ2) is 4.36. The maximum atomic E-state index is 10.7. The van der Waals surface area contributed by atoms with Crippen LogP contribution in [0.3, 0.4) is 0 Å². The van der Waals surface area contributed by atoms with Crippen LogP contribution < -0.4 is 5.73 Å². The summed E-state index contributed by atoms with van der Waals surface area (Å²) in [4.78, 5) is 20.6. The number of nitrogens with zero attached hydrogens (tertiary/aromatic N) is 1. The van der Waals surface area contributed by atoms with Gasteiger partial charge in [0.15, 0.2) is 0 Å². The van der Waals surface area contributed by atoms with Crippen LogP contribution in [0.15, 0.2) is 30.0 Å². The molecule has 0 fully saturated rings. The number of amides is 1. The average molecular weight is 206 g/mol. The number of hydrogen-bond acceptors (Lipinski definition) is 3. The first-order chi connectivity index (χ1) is 7.00. The fourth-order valence-electron chi connectivity index (χ4n) is 1.04. The third-order valence-corrected chi connectivity index (χ3v) is 1.86. The number of hydrogen-bond donors (Lipinski definition) is 1. The molecule has 0 spiro atoms. The van der Waals surface area contributed by atoms with Crippen LogP contribution in [0, 0.1) is 10.1 Å². The molecular formula is C10H10N2O3. The number of benzene rings is 1. The Kier molecular flexibility index (Phi) is 3.17. The van der Waals surface area contributed by atoms with Gasteiger partial charge in [0.05, 0.1) is 4.92 Å². The van der Waals surface area contributed by atoms with Crippen LogP contribution in [0.2, 0.25) is 0 Å². The largest absolute Gasteiger partial charge is 0.366 e. The number of rotatable bonds is 3. The summed E-state index contributed by atoms with van der Waals surface area (Å²) in [5.74, 6) is -0.517. The Hall–Kier alpha value is -2.17. The summed E-state index contributed by atoms with van der Waals surface area (Å²) in [5, 5.41) is 10.3. The zero-order chi connectivity index (χ0) is 11.4. The molecular weight excluding hydrogens is 196 g/mol. The van der Waals surface area contributed by atoms with E-state index in [1.165, 1.54) is 25.1 Å². The summed E-state index contributed by atoms with van der Waals surface area (Å²) in [6, 6.07) is 6.27. The minimum absolute atomic E-state index is 0.0434. The van der Waals surface area contributed by atoms with Crippen LogP contribution in [0.4, 0.5) is 0 Å². The van der Waals surface area contributed by atoms with E-state index in [-0.39, 0.29) is 5.70 Å². The van der Waals surface area contributed by atoms with E-state index in [2.05, 4.69) is 0 Å². The fourth-order valence-corrected chi connectivity index (χ4v) is 1.04. The average Bonchev–Trinajstić information content (AvgIpc) is 2.18. The molecule has 0 saturated carbocycles. The van der Waals surface area contributed by atoms with Crippen molar-refractivity contribution in [2.24, 2.45) is 5.73 Å². The Balaban J connectivity index is 2.95. The molecule has 0 atom stereocenters. The van der Waals surface area contributed by atoms with Crippen LogP contribution in [0.1, 0.15) is 22.8 Å². The quantitative estimate of drug-likeness (QED) is 0.599. The standard InChI is InChI=1S/C10H10N2O3/c1-7(12(14)15)6-8-2-4-9(5-3-8)10(11)13/h2-6H,1H3,(H2,11,13). The first-order valence-corrected chi connectivity index (χ1v) is 4.23. The van der Waals surface area contributed by atoms with Crippen molar-refractivity contribution in [2.45, 2.75) is 6.92 Å². The molecule has 1 amide bonds. The lowest BCUT2D eigenvalue weighted by atomic mass is 10.1. The van der Waals surface area contributed by atoms with Gasteiger partial charge in [0.2, 0.25) is 11.6 Å². The number of primary amides is 1. The van der Waals surface area contributed by atoms with Gasteiger partial charge >= 0.3 is 0 Å². The van der Waals surface area contributed by atoms with Crippen molar-refractivity contribution < 1.29 is 9.72 Å². The Morgan fingerprint density at radius 2 is 1.93 bits per heavy atom. The lowest BCUT2D eigenvalue weighted by Gasteiger charge is -1.96. The monoisotopic (exact) mass is 206 g/mol. The highest BCUT2D eigenvalue weighted by molar-refractivity contribution is 5.92. The molecule has 5 heteroatoms. The zero-order valence-corrected chi connectivity index (χ0v) is 8.14. The van der Waals surface area contributed by atoms with Crippen LogP contribution in [0.5, 0.6) is 0 Å². The van der Waals surface area contributed by atoms with Gasteiger partial charge in [-0.25, -0.2) is 0 Å². The summed E-state index contributed by atoms with van der Waals surface area (Å²) in [7, 11) is 0. The molecule has 1 rings (SSSR count). The minimum atomic E-state index is -0.517. The molecule has 0 saturated heterocycles. The van der Waals surface area contributed by atoms with E-state index in [0.717, 1.165) is 0 Å². The van der Waals surface area contributed by atoms with Gasteiger partial charge < -0.3 is 5.73 Å². The lowest BCUT2D eigenvalue weighted by Crippen LogP contribution is -2.10. The molecule has 0 heterocycles. The second-order valence-electron chi connectivity index (χ2n) is 3.03. The molecule has 0 radical (unpaired) electrons. The molecule has 5 nitrogen and oxygen atoms in total. The molecule has 0 aliphatic heterocycles. The third kappa shape index (κ3) is 2.91. The predicted octanol–water partition coefficient (Wildman–Crippen LogP) is 1.42. The molecule has 0 bridgehead atoms. The summed E-state index contributed by atoms with van der Waals surface area (Å²) < 4.78 is 0. The fraction of sp³-hybridized carbons (Fsp3) is 0.100. The van der Waals surface area contributed by atoms with Crippen LogP contribution in [0.25, 0.3) is 6.08 Å². The maximum absolute atomic E-state index is 10.7. The normalized spacial score (nSPS) is 11.1. The topological polar surface area (TPSA) is 86.2 Å². The summed E-state index contributed by atoms with van der Waals surface area (Å²) in [5.41, 5.74) is 6.14. The van der Waals surface area contributed by atoms with E-state index in [1.54, 1.807) is 12.1 Å². The summed E-state index contributed by atoms with van der Waals surface area (Å²) >= 11 is 0. The highest BCUT2D eigenvalue weighted by Gasteiger charge is 2.03. The van der Waals surface area contributed by atoms with Gasteiger partial charge in [-0.1, -0.05) is 12.1 Å². The Morgan fingerprint density at radius 3 is 2.33 bits per heavy atom. The molecule has 0 unspecified atom stereocenters. The molecule has 0 aliphatic rings. The van der Waals surface area contributed by atoms with Crippen molar-refractivity contribution in [3.05, 3.63) is 51.2 Å². The maximum Gasteiger partial charge on any atom is 0.248 e. The molecule has 15 heavy (non-hydrogen) atoms. The van der Waals surface area contributed by atoms with Gasteiger partial charge in [-0.2, -0.15) is 0 Å². The van der Waals surface area contributed by atoms with Crippen LogP contribution in [-0.4, -0.2) is 10.8 Å². The highest BCUT2D eigenvalue weighted by Crippen LogP contribution is 2.08. The second-order valence-corrected chi connectivity index (χ2v) is 3.03. The Morgan fingerprint density at radius 1 is 1.40 bits per heavy atom. The van der Waals surface area contributed by atoms with Crippen LogP contribution in [-0.2, 0) is 0 Å². The number of nitro groups is 1. The number of carbonyl (C=O) groups excluding carboxylic acids is 1. The van der Waals surface area contributed by atoms with Crippen molar-refractivity contribution in [3.63, 3.8) is 0 Å². The Labute approximate surface area is 86.4 Å². The first-order valence-electron chi connectivity index (χ1n) is 4.23. The number of carbonyl (C=O) groups is 1. The van der Waals surface area contributed by atoms with Crippen molar-refractivity contribution in [2.75, 3.05) is 0 Å². The van der Waals surface area contributed by atoms with E-state index in [0.29, 0.717) is 11.1 Å². The molecule has 2 N–H and O–H groups in total. The van der Waals surface area contributed by atoms with E-state index < -0.39 is 10.8 Å². The molecule has 0 aliphatic carbocycles. The number of allylic oxidation sites excluding steroid dienone is 1. The van der Waals surface area contributed by atoms with Crippen molar-refractivity contribution in [1.29, 1.82) is 0 Å². The van der Waals surface area contributed by atoms with E-state index in [4.69, 9.17) is 5.73 Å². The first kappa shape index (κ1) is 10.9. The zero-order valence-electron chi connectivity index (χ0n) is 8.14. The van der Waals surface area contributed by atoms with E-state index in [1.807, 2.05) is 0 Å². The number of nitrogens with two attached hydrogens (primary N) is 1. The van der Waals surface area contributed by atoms with Gasteiger partial charge in [-0.05, 0) is 17.7 Å². The summed E-state index contributed by atoms with van der Waals surface area (Å²) in [6.45, 7) is 1.40. The van der Waals surface area contributed by atoms with Gasteiger partial charge in [-0.15, -0.1) is 0 Å². The third-order valence-electron chi connectivity index (χ3n) is 1.86. The van der Waals surface area contributed by atoms with Crippen molar-refractivity contribution in [1.82, 2.24) is 0 Å². The lowest BCUT2D eigenvalue weighted by molar-refractivity contribution is -0.422. The van der Waals surface area contributed by atoms with Crippen molar-refractivity contribution in [3.8, 4) is 0 Å². The Bertz CT molecular complexity index is 421. The highest BCUT2D eigenvalue weighted by atomic mass is 16.6. The minimum Gasteiger partial charge on any atom is -0.366 e. The predicted molar refractivity (Wildman–Crippen MR) is 55.6 cm³/mol. The summed E-state index contributed by atoms with van der Waals surface area (Å²) in [6.07, 6.45) is 1.42. The van der Waals surface area contributed by atoms with E-state index in [9.17, 15) is 14.9 Å². The van der Waals surface area contributed by atoms with E-state index >= 15 is 0 Å². The van der Waals surface area contributed by atoms with Gasteiger partial charge in [-0.3, -0.25) is 14.9 Å². The van der Waals surface area contributed by atoms with Gasteiger partial charge in [0.25, 0.3) is 0 Å². The smallest absolute Gasteiger partial charge is 0.248 e. The van der Waals surface area contributed by atoms with Crippen molar-refractivity contribution >= 4 is 12.0 Å².